The largest absolute Gasteiger partial charge is 0.462 e. The molecule has 0 radical (unpaired) electrons. The lowest BCUT2D eigenvalue weighted by molar-refractivity contribution is 0.0527. The minimum Gasteiger partial charge on any atom is -0.462 e. The molecule has 2 rings (SSSR count). The van der Waals surface area contributed by atoms with E-state index < -0.39 is 5.97 Å². The monoisotopic (exact) mass is 282 g/mol. The molecule has 0 bridgehead atoms. The van der Waals surface area contributed by atoms with Gasteiger partial charge in [-0.05, 0) is 49.4 Å². The summed E-state index contributed by atoms with van der Waals surface area (Å²) < 4.78 is 10.6. The first kappa shape index (κ1) is 14.4. The van der Waals surface area contributed by atoms with Crippen LogP contribution in [0.4, 0.5) is 5.69 Å². The summed E-state index contributed by atoms with van der Waals surface area (Å²) in [5, 5.41) is 8.74. The Morgan fingerprint density at radius 1 is 1.19 bits per heavy atom. The van der Waals surface area contributed by atoms with Gasteiger partial charge in [0.2, 0.25) is 0 Å². The molecule has 0 amide bonds. The number of hydrogen-bond donors (Lipinski definition) is 1. The summed E-state index contributed by atoms with van der Waals surface area (Å²) in [5.41, 5.74) is 6.91. The van der Waals surface area contributed by atoms with E-state index in [1.54, 1.807) is 43.3 Å². The molecule has 0 heterocycles. The fourth-order valence-electron chi connectivity index (χ4n) is 1.72. The molecule has 0 aliphatic heterocycles. The minimum absolute atomic E-state index is 0.267. The van der Waals surface area contributed by atoms with E-state index in [1.807, 2.05) is 6.07 Å². The van der Waals surface area contributed by atoms with Gasteiger partial charge in [0.15, 0.2) is 0 Å². The molecule has 0 fully saturated rings. The van der Waals surface area contributed by atoms with Gasteiger partial charge in [0, 0.05) is 5.69 Å². The molecule has 0 unspecified atom stereocenters. The van der Waals surface area contributed by atoms with Crippen LogP contribution >= 0.6 is 0 Å². The summed E-state index contributed by atoms with van der Waals surface area (Å²) in [4.78, 5) is 11.8. The Morgan fingerprint density at radius 2 is 1.86 bits per heavy atom. The van der Waals surface area contributed by atoms with Crippen LogP contribution in [0.2, 0.25) is 0 Å². The topological polar surface area (TPSA) is 85.3 Å². The van der Waals surface area contributed by atoms with Gasteiger partial charge in [-0.25, -0.2) is 4.79 Å². The second kappa shape index (κ2) is 6.44. The maximum absolute atomic E-state index is 11.8. The van der Waals surface area contributed by atoms with Crippen molar-refractivity contribution in [2.45, 2.75) is 6.92 Å². The number of nitriles is 1. The molecule has 5 nitrogen and oxygen atoms in total. The highest BCUT2D eigenvalue weighted by Crippen LogP contribution is 2.25. The van der Waals surface area contributed by atoms with Crippen molar-refractivity contribution in [3.63, 3.8) is 0 Å². The highest BCUT2D eigenvalue weighted by molar-refractivity contribution is 5.95. The fourth-order valence-corrected chi connectivity index (χ4v) is 1.72. The average molecular weight is 282 g/mol. The predicted molar refractivity (Wildman–Crippen MR) is 78.0 cm³/mol. The Bertz CT molecular complexity index is 688. The number of ether oxygens (including phenoxy) is 2. The van der Waals surface area contributed by atoms with Crippen LogP contribution in [0.15, 0.2) is 42.5 Å². The maximum atomic E-state index is 11.8. The summed E-state index contributed by atoms with van der Waals surface area (Å²) in [6.07, 6.45) is 0. The van der Waals surface area contributed by atoms with Gasteiger partial charge in [-0.3, -0.25) is 0 Å². The first-order chi connectivity index (χ1) is 10.1. The van der Waals surface area contributed by atoms with E-state index >= 15 is 0 Å². The normalized spacial score (nSPS) is 9.71. The summed E-state index contributed by atoms with van der Waals surface area (Å²) in [7, 11) is 0. The van der Waals surface area contributed by atoms with Crippen LogP contribution in [-0.4, -0.2) is 12.6 Å². The van der Waals surface area contributed by atoms with Gasteiger partial charge < -0.3 is 15.2 Å². The van der Waals surface area contributed by atoms with Crippen molar-refractivity contribution in [3.05, 3.63) is 53.6 Å². The molecule has 0 aromatic heterocycles. The molecule has 0 atom stereocenters. The van der Waals surface area contributed by atoms with Gasteiger partial charge >= 0.3 is 5.97 Å². The molecule has 0 saturated carbocycles. The maximum Gasteiger partial charge on any atom is 0.340 e. The number of hydrogen-bond acceptors (Lipinski definition) is 5. The van der Waals surface area contributed by atoms with Crippen LogP contribution < -0.4 is 10.5 Å². The second-order valence-electron chi connectivity index (χ2n) is 4.21. The molecule has 0 aliphatic rings. The Labute approximate surface area is 122 Å². The van der Waals surface area contributed by atoms with Crippen LogP contribution in [-0.2, 0) is 4.74 Å². The lowest BCUT2D eigenvalue weighted by Crippen LogP contribution is -2.08. The molecule has 0 saturated heterocycles. The average Bonchev–Trinajstić information content (AvgIpc) is 2.50. The number of carbonyl (C=O) groups is 1. The van der Waals surface area contributed by atoms with Crippen LogP contribution in [0, 0.1) is 11.3 Å². The van der Waals surface area contributed by atoms with Crippen molar-refractivity contribution in [1.82, 2.24) is 0 Å². The Morgan fingerprint density at radius 3 is 2.48 bits per heavy atom. The number of nitrogens with zero attached hydrogens (tertiary/aromatic N) is 1. The zero-order valence-corrected chi connectivity index (χ0v) is 11.5. The van der Waals surface area contributed by atoms with Crippen molar-refractivity contribution in [1.29, 1.82) is 5.26 Å². The summed E-state index contributed by atoms with van der Waals surface area (Å²) >= 11 is 0. The van der Waals surface area contributed by atoms with Crippen molar-refractivity contribution in [2.75, 3.05) is 12.3 Å². The van der Waals surface area contributed by atoms with Crippen molar-refractivity contribution >= 4 is 11.7 Å². The van der Waals surface area contributed by atoms with Crippen molar-refractivity contribution in [3.8, 4) is 17.6 Å². The fraction of sp³-hybridized carbons (Fsp3) is 0.125. The molecule has 106 valence electrons. The minimum atomic E-state index is -0.486. The van der Waals surface area contributed by atoms with Gasteiger partial charge in [0.1, 0.15) is 11.5 Å². The highest BCUT2D eigenvalue weighted by Gasteiger charge is 2.12. The Balaban J connectivity index is 2.22. The SMILES string of the molecule is CCOC(=O)c1cc(Oc2ccc(C#N)cc2)ccc1N. The molecular weight excluding hydrogens is 268 g/mol. The van der Waals surface area contributed by atoms with E-state index in [4.69, 9.17) is 20.5 Å². The van der Waals surface area contributed by atoms with Gasteiger partial charge in [-0.1, -0.05) is 0 Å². The number of rotatable bonds is 4. The molecule has 0 spiro atoms. The number of carbonyl (C=O) groups excluding carboxylic acids is 1. The van der Waals surface area contributed by atoms with Crippen LogP contribution in [0.5, 0.6) is 11.5 Å². The summed E-state index contributed by atoms with van der Waals surface area (Å²) in [6.45, 7) is 2.00. The Kier molecular flexibility index (Phi) is 4.42. The smallest absolute Gasteiger partial charge is 0.340 e. The van der Waals surface area contributed by atoms with Crippen LogP contribution in [0.25, 0.3) is 0 Å². The quantitative estimate of drug-likeness (QED) is 0.688. The number of anilines is 1. The third-order valence-electron chi connectivity index (χ3n) is 2.74. The van der Waals surface area contributed by atoms with E-state index in [9.17, 15) is 4.79 Å². The molecule has 2 aromatic rings. The summed E-state index contributed by atoms with van der Waals surface area (Å²) in [5.74, 6) is 0.547. The first-order valence-electron chi connectivity index (χ1n) is 6.38. The first-order valence-corrected chi connectivity index (χ1v) is 6.38. The number of esters is 1. The third-order valence-corrected chi connectivity index (χ3v) is 2.74. The lowest BCUT2D eigenvalue weighted by atomic mass is 10.1. The van der Waals surface area contributed by atoms with Crippen LogP contribution in [0.1, 0.15) is 22.8 Å². The van der Waals surface area contributed by atoms with Crippen molar-refractivity contribution < 1.29 is 14.3 Å². The zero-order valence-electron chi connectivity index (χ0n) is 11.5. The van der Waals surface area contributed by atoms with E-state index in [0.717, 1.165) is 0 Å². The van der Waals surface area contributed by atoms with Gasteiger partial charge in [0.05, 0.1) is 23.8 Å². The molecule has 21 heavy (non-hydrogen) atoms. The van der Waals surface area contributed by atoms with Gasteiger partial charge in [0.25, 0.3) is 0 Å². The number of nitrogen functional groups attached to an aromatic ring is 1. The van der Waals surface area contributed by atoms with E-state index in [2.05, 4.69) is 0 Å². The number of benzene rings is 2. The zero-order chi connectivity index (χ0) is 15.2. The highest BCUT2D eigenvalue weighted by atomic mass is 16.5. The molecule has 0 aliphatic carbocycles. The molecule has 2 N–H and O–H groups in total. The van der Waals surface area contributed by atoms with E-state index in [1.165, 1.54) is 6.07 Å². The standard InChI is InChI=1S/C16H14N2O3/c1-2-20-16(19)14-9-13(7-8-15(14)18)21-12-5-3-11(10-17)4-6-12/h3-9H,2,18H2,1H3. The molecule has 2 aromatic carbocycles. The van der Waals surface area contributed by atoms with E-state index in [-0.39, 0.29) is 12.2 Å². The number of nitrogens with two attached hydrogens (primary N) is 1. The predicted octanol–water partition coefficient (Wildman–Crippen LogP) is 3.11. The van der Waals surface area contributed by atoms with Gasteiger partial charge in [-0.15, -0.1) is 0 Å². The van der Waals surface area contributed by atoms with E-state index in [0.29, 0.717) is 22.7 Å². The van der Waals surface area contributed by atoms with Gasteiger partial charge in [-0.2, -0.15) is 5.26 Å². The molecule has 5 heteroatoms. The molecular formula is C16H14N2O3. The van der Waals surface area contributed by atoms with Crippen LogP contribution in [0.3, 0.4) is 0 Å². The lowest BCUT2D eigenvalue weighted by Gasteiger charge is -2.09. The second-order valence-corrected chi connectivity index (χ2v) is 4.21. The van der Waals surface area contributed by atoms with Crippen molar-refractivity contribution in [2.24, 2.45) is 0 Å². The Hall–Kier alpha value is -3.00. The third kappa shape index (κ3) is 3.51. The summed E-state index contributed by atoms with van der Waals surface area (Å²) in [6, 6.07) is 13.5.